The zero-order valence-corrected chi connectivity index (χ0v) is 16.1. The van der Waals surface area contributed by atoms with Crippen LogP contribution >= 0.6 is 11.3 Å². The lowest BCUT2D eigenvalue weighted by Crippen LogP contribution is -2.45. The monoisotopic (exact) mass is 367 g/mol. The minimum absolute atomic E-state index is 0.0369. The third-order valence-corrected chi connectivity index (χ3v) is 6.20. The molecule has 0 aliphatic carbocycles. The quantitative estimate of drug-likeness (QED) is 0.482. The van der Waals surface area contributed by atoms with E-state index in [1.807, 2.05) is 11.4 Å². The summed E-state index contributed by atoms with van der Waals surface area (Å²) in [4.78, 5) is 27.3. The molecule has 0 saturated carbocycles. The molecular weight excluding hydrogens is 346 g/mol. The summed E-state index contributed by atoms with van der Waals surface area (Å²) in [6.07, 6.45) is 1.04. The second kappa shape index (κ2) is 5.81. The molecule has 2 aromatic heterocycles. The van der Waals surface area contributed by atoms with Crippen LogP contribution in [0.5, 0.6) is 0 Å². The molecule has 0 fully saturated rings. The number of hydrogen-bond acceptors (Lipinski definition) is 5. The van der Waals surface area contributed by atoms with Crippen molar-refractivity contribution in [2.24, 2.45) is 0 Å². The van der Waals surface area contributed by atoms with Crippen LogP contribution in [-0.2, 0) is 0 Å². The lowest BCUT2D eigenvalue weighted by molar-refractivity contribution is 0.103. The molecule has 3 aromatic rings. The molecule has 0 amide bonds. The zero-order chi connectivity index (χ0) is 18.6. The second-order valence-corrected chi connectivity index (χ2v) is 8.49. The molecular formula is C21H21NO3S. The molecule has 1 aliphatic rings. The number of ketones is 1. The van der Waals surface area contributed by atoms with Crippen LogP contribution in [0.1, 0.15) is 54.6 Å². The van der Waals surface area contributed by atoms with E-state index in [-0.39, 0.29) is 16.9 Å². The average molecular weight is 367 g/mol. The minimum Gasteiger partial charge on any atom is -0.422 e. The molecule has 0 radical (unpaired) electrons. The molecule has 26 heavy (non-hydrogen) atoms. The summed E-state index contributed by atoms with van der Waals surface area (Å²) < 4.78 is 5.53. The summed E-state index contributed by atoms with van der Waals surface area (Å²) in [6.45, 7) is 6.65. The Morgan fingerprint density at radius 2 is 2.08 bits per heavy atom. The number of hydrogen-bond donors (Lipinski definition) is 0. The van der Waals surface area contributed by atoms with E-state index in [0.29, 0.717) is 17.1 Å². The summed E-state index contributed by atoms with van der Waals surface area (Å²) in [5, 5.41) is 4.37. The van der Waals surface area contributed by atoms with Gasteiger partial charge in [0, 0.05) is 40.7 Å². The van der Waals surface area contributed by atoms with E-state index in [1.165, 1.54) is 16.9 Å². The van der Waals surface area contributed by atoms with Crippen molar-refractivity contribution in [1.29, 1.82) is 0 Å². The first-order valence-electron chi connectivity index (χ1n) is 8.70. The first-order chi connectivity index (χ1) is 12.3. The fourth-order valence-electron chi connectivity index (χ4n) is 3.89. The highest BCUT2D eigenvalue weighted by Gasteiger charge is 2.34. The molecule has 4 nitrogen and oxygen atoms in total. The number of carbonyl (C=O) groups is 1. The highest BCUT2D eigenvalue weighted by Crippen LogP contribution is 2.43. The van der Waals surface area contributed by atoms with Crippen molar-refractivity contribution < 1.29 is 9.21 Å². The maximum Gasteiger partial charge on any atom is 0.347 e. The van der Waals surface area contributed by atoms with Gasteiger partial charge in [0.25, 0.3) is 0 Å². The van der Waals surface area contributed by atoms with Gasteiger partial charge in [0.2, 0.25) is 5.78 Å². The first-order valence-corrected chi connectivity index (χ1v) is 9.65. The van der Waals surface area contributed by atoms with Crippen molar-refractivity contribution in [2.75, 3.05) is 11.9 Å². The van der Waals surface area contributed by atoms with Gasteiger partial charge in [-0.3, -0.25) is 4.79 Å². The maximum atomic E-state index is 12.6. The predicted molar refractivity (Wildman–Crippen MR) is 106 cm³/mol. The number of nitrogens with zero attached hydrogens (tertiary/aromatic N) is 1. The second-order valence-electron chi connectivity index (χ2n) is 7.71. The van der Waals surface area contributed by atoms with Gasteiger partial charge in [0.05, 0.1) is 0 Å². The molecule has 0 N–H and O–H groups in total. The SMILES string of the molecule is C[C@@H]1CC(C)(C)N(C)c2cc3oc(=O)c(C(=O)c4ccsc4)cc3cc21. The fourth-order valence-corrected chi connectivity index (χ4v) is 4.52. The maximum absolute atomic E-state index is 12.6. The standard InChI is InChI=1S/C21H21NO3S/c1-12-10-21(2,3)22(4)17-9-18-14(7-15(12)17)8-16(20(24)25-18)19(23)13-5-6-26-11-13/h5-9,11-12H,10H2,1-4H3/t12-/m1/s1. The van der Waals surface area contributed by atoms with Gasteiger partial charge in [-0.25, -0.2) is 4.79 Å². The minimum atomic E-state index is -0.584. The van der Waals surface area contributed by atoms with Crippen LogP contribution in [0.4, 0.5) is 5.69 Å². The summed E-state index contributed by atoms with van der Waals surface area (Å²) >= 11 is 1.43. The Morgan fingerprint density at radius 3 is 2.77 bits per heavy atom. The Balaban J connectivity index is 1.90. The molecule has 0 spiro atoms. The van der Waals surface area contributed by atoms with Gasteiger partial charge >= 0.3 is 5.63 Å². The highest BCUT2D eigenvalue weighted by atomic mass is 32.1. The molecule has 1 atom stereocenters. The summed E-state index contributed by atoms with van der Waals surface area (Å²) in [6, 6.07) is 7.40. The van der Waals surface area contributed by atoms with Gasteiger partial charge < -0.3 is 9.32 Å². The molecule has 0 bridgehead atoms. The van der Waals surface area contributed by atoms with E-state index >= 15 is 0 Å². The van der Waals surface area contributed by atoms with Crippen LogP contribution in [0, 0.1) is 0 Å². The van der Waals surface area contributed by atoms with Crippen molar-refractivity contribution in [3.63, 3.8) is 0 Å². The van der Waals surface area contributed by atoms with E-state index < -0.39 is 5.63 Å². The fraction of sp³-hybridized carbons (Fsp3) is 0.333. The molecule has 1 aliphatic heterocycles. The van der Waals surface area contributed by atoms with E-state index in [0.717, 1.165) is 17.5 Å². The number of rotatable bonds is 2. The Morgan fingerprint density at radius 1 is 1.31 bits per heavy atom. The number of benzene rings is 1. The summed E-state index contributed by atoms with van der Waals surface area (Å²) in [5.74, 6) is 0.106. The van der Waals surface area contributed by atoms with Crippen LogP contribution in [0.3, 0.4) is 0 Å². The Hall–Kier alpha value is -2.40. The molecule has 0 unspecified atom stereocenters. The molecule has 0 saturated heterocycles. The third kappa shape index (κ3) is 2.58. The number of thiophene rings is 1. The predicted octanol–water partition coefficient (Wildman–Crippen LogP) is 4.81. The normalized spacial score (nSPS) is 18.8. The lowest BCUT2D eigenvalue weighted by atomic mass is 9.80. The smallest absolute Gasteiger partial charge is 0.347 e. The lowest BCUT2D eigenvalue weighted by Gasteiger charge is -2.45. The van der Waals surface area contributed by atoms with E-state index in [4.69, 9.17) is 4.42 Å². The molecule has 4 rings (SSSR count). The van der Waals surface area contributed by atoms with Crippen molar-refractivity contribution >= 4 is 33.8 Å². The van der Waals surface area contributed by atoms with Gasteiger partial charge in [0.15, 0.2) is 0 Å². The highest BCUT2D eigenvalue weighted by molar-refractivity contribution is 7.08. The van der Waals surface area contributed by atoms with E-state index in [2.05, 4.69) is 38.8 Å². The van der Waals surface area contributed by atoms with Crippen molar-refractivity contribution in [1.82, 2.24) is 0 Å². The van der Waals surface area contributed by atoms with Crippen molar-refractivity contribution in [2.45, 2.75) is 38.6 Å². The number of fused-ring (bicyclic) bond motifs is 2. The Kier molecular flexibility index (Phi) is 3.81. The molecule has 134 valence electrons. The van der Waals surface area contributed by atoms with Crippen LogP contribution < -0.4 is 10.5 Å². The van der Waals surface area contributed by atoms with Crippen molar-refractivity contribution in [3.05, 3.63) is 62.1 Å². The van der Waals surface area contributed by atoms with Gasteiger partial charge in [-0.05, 0) is 55.3 Å². The van der Waals surface area contributed by atoms with Gasteiger partial charge in [-0.2, -0.15) is 11.3 Å². The van der Waals surface area contributed by atoms with Crippen LogP contribution in [-0.4, -0.2) is 18.4 Å². The van der Waals surface area contributed by atoms with E-state index in [1.54, 1.807) is 17.5 Å². The largest absolute Gasteiger partial charge is 0.422 e. The van der Waals surface area contributed by atoms with Gasteiger partial charge in [-0.15, -0.1) is 0 Å². The molecule has 3 heterocycles. The van der Waals surface area contributed by atoms with E-state index in [9.17, 15) is 9.59 Å². The summed E-state index contributed by atoms with van der Waals surface area (Å²) in [7, 11) is 2.07. The Bertz CT molecular complexity index is 1060. The Labute approximate surface area is 156 Å². The summed E-state index contributed by atoms with van der Waals surface area (Å²) in [5.41, 5.74) is 2.90. The molecule has 5 heteroatoms. The van der Waals surface area contributed by atoms with Crippen LogP contribution in [0.25, 0.3) is 11.0 Å². The van der Waals surface area contributed by atoms with Gasteiger partial charge in [0.1, 0.15) is 11.1 Å². The number of anilines is 1. The zero-order valence-electron chi connectivity index (χ0n) is 15.3. The third-order valence-electron chi connectivity index (χ3n) is 5.52. The van der Waals surface area contributed by atoms with Crippen LogP contribution in [0.2, 0.25) is 0 Å². The molecule has 1 aromatic carbocycles. The topological polar surface area (TPSA) is 50.5 Å². The first kappa shape index (κ1) is 17.0. The van der Waals surface area contributed by atoms with Crippen LogP contribution in [0.15, 0.2) is 44.2 Å². The van der Waals surface area contributed by atoms with Crippen molar-refractivity contribution in [3.8, 4) is 0 Å². The average Bonchev–Trinajstić information content (AvgIpc) is 3.12. The van der Waals surface area contributed by atoms with Gasteiger partial charge in [-0.1, -0.05) is 6.92 Å². The number of carbonyl (C=O) groups excluding carboxylic acids is 1.